The van der Waals surface area contributed by atoms with Gasteiger partial charge in [0, 0.05) is 31.0 Å². The van der Waals surface area contributed by atoms with Gasteiger partial charge < -0.3 is 14.7 Å². The molecule has 0 saturated carbocycles. The number of ether oxygens (including phenoxy) is 1. The monoisotopic (exact) mass is 470 g/mol. The Labute approximate surface area is 206 Å². The maximum Gasteiger partial charge on any atom is 0.300 e. The summed E-state index contributed by atoms with van der Waals surface area (Å²) in [5.41, 5.74) is 4.91. The van der Waals surface area contributed by atoms with Crippen molar-refractivity contribution in [1.29, 1.82) is 0 Å². The van der Waals surface area contributed by atoms with E-state index in [1.165, 1.54) is 4.90 Å². The number of Topliss-reactive ketones (excluding diaryl/α,β-unsaturated/α-hetero) is 1. The number of anilines is 2. The van der Waals surface area contributed by atoms with Crippen molar-refractivity contribution in [2.75, 3.05) is 30.5 Å². The van der Waals surface area contributed by atoms with Crippen LogP contribution in [-0.2, 0) is 9.59 Å². The number of nitrogens with zero attached hydrogens (tertiary/aromatic N) is 2. The van der Waals surface area contributed by atoms with Gasteiger partial charge in [-0.3, -0.25) is 14.5 Å². The fourth-order valence-corrected chi connectivity index (χ4v) is 4.28. The lowest BCUT2D eigenvalue weighted by Gasteiger charge is -2.26. The predicted octanol–water partition coefficient (Wildman–Crippen LogP) is 5.39. The van der Waals surface area contributed by atoms with E-state index in [1.54, 1.807) is 30.3 Å². The Hall–Kier alpha value is -4.06. The number of rotatable bonds is 6. The summed E-state index contributed by atoms with van der Waals surface area (Å²) < 4.78 is 5.53. The predicted molar refractivity (Wildman–Crippen MR) is 139 cm³/mol. The second-order valence-corrected chi connectivity index (χ2v) is 8.88. The van der Waals surface area contributed by atoms with Crippen molar-refractivity contribution in [3.05, 3.63) is 94.6 Å². The zero-order chi connectivity index (χ0) is 25.3. The molecule has 1 fully saturated rings. The average Bonchev–Trinajstić information content (AvgIpc) is 3.11. The van der Waals surface area contributed by atoms with Gasteiger partial charge in [-0.15, -0.1) is 0 Å². The first-order chi connectivity index (χ1) is 16.7. The molecule has 0 aliphatic carbocycles. The molecule has 1 unspecified atom stereocenters. The van der Waals surface area contributed by atoms with E-state index in [4.69, 9.17) is 4.74 Å². The van der Waals surface area contributed by atoms with Crippen molar-refractivity contribution in [2.45, 2.75) is 26.8 Å². The molecule has 35 heavy (non-hydrogen) atoms. The number of amides is 1. The lowest BCUT2D eigenvalue weighted by molar-refractivity contribution is -0.132. The lowest BCUT2D eigenvalue weighted by atomic mass is 9.94. The summed E-state index contributed by atoms with van der Waals surface area (Å²) >= 11 is 0. The molecule has 4 rings (SSSR count). The van der Waals surface area contributed by atoms with Gasteiger partial charge >= 0.3 is 0 Å². The second-order valence-electron chi connectivity index (χ2n) is 8.88. The van der Waals surface area contributed by atoms with Crippen molar-refractivity contribution in [2.24, 2.45) is 0 Å². The first-order valence-electron chi connectivity index (χ1n) is 11.6. The average molecular weight is 471 g/mol. The standard InChI is InChI=1S/C29H30N2O4/c1-6-35-24-15-13-23(14-16-24)31-26(20-9-11-22(12-10-20)30(4)5)25(28(33)29(31)34)27(32)21-8-7-18(2)19(3)17-21/h7-17,26,32H,6H2,1-5H3/b27-25-. The van der Waals surface area contributed by atoms with Crippen LogP contribution in [0.3, 0.4) is 0 Å². The summed E-state index contributed by atoms with van der Waals surface area (Å²) in [7, 11) is 3.89. The molecule has 1 atom stereocenters. The molecular weight excluding hydrogens is 440 g/mol. The van der Waals surface area contributed by atoms with Crippen LogP contribution in [0.15, 0.2) is 72.3 Å². The highest BCUT2D eigenvalue weighted by Crippen LogP contribution is 2.42. The number of aliphatic hydroxyl groups is 1. The molecule has 0 spiro atoms. The van der Waals surface area contributed by atoms with E-state index in [1.807, 2.05) is 76.2 Å². The molecule has 1 saturated heterocycles. The molecular formula is C29H30N2O4. The Morgan fingerprint density at radius 1 is 0.943 bits per heavy atom. The molecule has 1 amide bonds. The van der Waals surface area contributed by atoms with Crippen LogP contribution in [0.2, 0.25) is 0 Å². The molecule has 6 nitrogen and oxygen atoms in total. The van der Waals surface area contributed by atoms with E-state index < -0.39 is 17.7 Å². The van der Waals surface area contributed by atoms with Crippen LogP contribution in [0.5, 0.6) is 5.75 Å². The number of benzene rings is 3. The van der Waals surface area contributed by atoms with Crippen molar-refractivity contribution in [1.82, 2.24) is 0 Å². The van der Waals surface area contributed by atoms with Crippen LogP contribution < -0.4 is 14.5 Å². The fraction of sp³-hybridized carbons (Fsp3) is 0.241. The lowest BCUT2D eigenvalue weighted by Crippen LogP contribution is -2.29. The Kier molecular flexibility index (Phi) is 6.65. The second kappa shape index (κ2) is 9.66. The first-order valence-corrected chi connectivity index (χ1v) is 11.6. The van der Waals surface area contributed by atoms with E-state index in [9.17, 15) is 14.7 Å². The molecule has 1 heterocycles. The van der Waals surface area contributed by atoms with Crippen LogP contribution >= 0.6 is 0 Å². The fourth-order valence-electron chi connectivity index (χ4n) is 4.28. The minimum atomic E-state index is -0.772. The highest BCUT2D eigenvalue weighted by molar-refractivity contribution is 6.51. The van der Waals surface area contributed by atoms with E-state index in [0.29, 0.717) is 23.6 Å². The van der Waals surface area contributed by atoms with E-state index in [2.05, 4.69) is 0 Å². The Morgan fingerprint density at radius 2 is 1.60 bits per heavy atom. The summed E-state index contributed by atoms with van der Waals surface area (Å²) in [4.78, 5) is 30.1. The van der Waals surface area contributed by atoms with Crippen molar-refractivity contribution < 1.29 is 19.4 Å². The quantitative estimate of drug-likeness (QED) is 0.297. The van der Waals surface area contributed by atoms with Gasteiger partial charge in [-0.1, -0.05) is 24.3 Å². The summed E-state index contributed by atoms with van der Waals surface area (Å²) in [5, 5.41) is 11.3. The number of aliphatic hydroxyl groups excluding tert-OH is 1. The van der Waals surface area contributed by atoms with Crippen LogP contribution in [0.1, 0.15) is 35.2 Å². The minimum absolute atomic E-state index is 0.0738. The number of ketones is 1. The molecule has 0 bridgehead atoms. The summed E-state index contributed by atoms with van der Waals surface area (Å²) in [6.45, 7) is 6.35. The molecule has 1 aliphatic rings. The number of hydrogen-bond donors (Lipinski definition) is 1. The van der Waals surface area contributed by atoms with Crippen LogP contribution in [0, 0.1) is 13.8 Å². The topological polar surface area (TPSA) is 70.1 Å². The maximum atomic E-state index is 13.3. The largest absolute Gasteiger partial charge is 0.507 e. The van der Waals surface area contributed by atoms with Gasteiger partial charge in [0.2, 0.25) is 0 Å². The Bertz CT molecular complexity index is 1290. The molecule has 180 valence electrons. The molecule has 6 heteroatoms. The third-order valence-corrected chi connectivity index (χ3v) is 6.38. The third kappa shape index (κ3) is 4.52. The minimum Gasteiger partial charge on any atom is -0.507 e. The third-order valence-electron chi connectivity index (χ3n) is 6.38. The smallest absolute Gasteiger partial charge is 0.300 e. The molecule has 1 N–H and O–H groups in total. The normalized spacial score (nSPS) is 17.1. The molecule has 0 aromatic heterocycles. The highest BCUT2D eigenvalue weighted by Gasteiger charge is 2.47. The van der Waals surface area contributed by atoms with Crippen LogP contribution in [0.4, 0.5) is 11.4 Å². The van der Waals surface area contributed by atoms with E-state index in [-0.39, 0.29) is 11.3 Å². The van der Waals surface area contributed by atoms with Crippen molar-refractivity contribution in [3.8, 4) is 5.75 Å². The number of carbonyl (C=O) groups excluding carboxylic acids is 2. The van der Waals surface area contributed by atoms with E-state index >= 15 is 0 Å². The number of carbonyl (C=O) groups is 2. The molecule has 3 aromatic rings. The number of hydrogen-bond acceptors (Lipinski definition) is 5. The summed E-state index contributed by atoms with van der Waals surface area (Å²) in [6.07, 6.45) is 0. The Morgan fingerprint density at radius 3 is 2.17 bits per heavy atom. The van der Waals surface area contributed by atoms with Gasteiger partial charge in [0.1, 0.15) is 11.5 Å². The van der Waals surface area contributed by atoms with Gasteiger partial charge in [-0.25, -0.2) is 0 Å². The molecule has 1 aliphatic heterocycles. The summed E-state index contributed by atoms with van der Waals surface area (Å²) in [5.74, 6) is -0.894. The maximum absolute atomic E-state index is 13.3. The van der Waals surface area contributed by atoms with Crippen LogP contribution in [-0.4, -0.2) is 37.5 Å². The van der Waals surface area contributed by atoms with Gasteiger partial charge in [0.25, 0.3) is 11.7 Å². The van der Waals surface area contributed by atoms with Crippen LogP contribution in [0.25, 0.3) is 5.76 Å². The zero-order valence-electron chi connectivity index (χ0n) is 20.7. The van der Waals surface area contributed by atoms with Gasteiger partial charge in [-0.05, 0) is 79.9 Å². The first kappa shape index (κ1) is 24.1. The highest BCUT2D eigenvalue weighted by atomic mass is 16.5. The molecule has 3 aromatic carbocycles. The van der Waals surface area contributed by atoms with Crippen molar-refractivity contribution >= 4 is 28.8 Å². The SMILES string of the molecule is CCOc1ccc(N2C(=O)C(=O)/C(=C(\O)c3ccc(C)c(C)c3)C2c2ccc(N(C)C)cc2)cc1. The van der Waals surface area contributed by atoms with Gasteiger partial charge in [0.15, 0.2) is 0 Å². The zero-order valence-corrected chi connectivity index (χ0v) is 20.7. The van der Waals surface area contributed by atoms with E-state index in [0.717, 1.165) is 22.4 Å². The Balaban J connectivity index is 1.89. The molecule has 0 radical (unpaired) electrons. The van der Waals surface area contributed by atoms with Gasteiger partial charge in [0.05, 0.1) is 18.2 Å². The van der Waals surface area contributed by atoms with Crippen molar-refractivity contribution in [3.63, 3.8) is 0 Å². The number of aryl methyl sites for hydroxylation is 2. The summed E-state index contributed by atoms with van der Waals surface area (Å²) in [6, 6.07) is 19.4. The van der Waals surface area contributed by atoms with Gasteiger partial charge in [-0.2, -0.15) is 0 Å².